The van der Waals surface area contributed by atoms with Crippen molar-refractivity contribution in [3.63, 3.8) is 0 Å². The molecule has 3 aromatic rings. The fourth-order valence-electron chi connectivity index (χ4n) is 3.82. The molecule has 4 rings (SSSR count). The minimum Gasteiger partial charge on any atom is -0.352 e. The highest BCUT2D eigenvalue weighted by molar-refractivity contribution is 7.80. The molecule has 2 atom stereocenters. The van der Waals surface area contributed by atoms with Crippen molar-refractivity contribution in [1.82, 2.24) is 24.8 Å². The van der Waals surface area contributed by atoms with E-state index in [2.05, 4.69) is 50.7 Å². The Bertz CT molecular complexity index is 936. The van der Waals surface area contributed by atoms with E-state index in [1.54, 1.807) is 6.20 Å². The Morgan fingerprint density at radius 1 is 1.12 bits per heavy atom. The Morgan fingerprint density at radius 3 is 2.65 bits per heavy atom. The lowest BCUT2D eigenvalue weighted by atomic mass is 9.97. The number of likely N-dealkylation sites (N-methyl/N-ethyl adjacent to an activating group) is 1. The van der Waals surface area contributed by atoms with Gasteiger partial charge in [0, 0.05) is 30.8 Å². The summed E-state index contributed by atoms with van der Waals surface area (Å²) in [7, 11) is 2.04. The van der Waals surface area contributed by atoms with Gasteiger partial charge >= 0.3 is 0 Å². The fourth-order valence-corrected chi connectivity index (χ4v) is 4.06. The standard InChI is InChI=1S/C20H21N5S/c1-13-11-16(14(2)25(13)15-7-6-9-21-12-15)19-18(23-20(26)24(19)3)17-8-4-5-10-22-17/h4-12,18-19H,1-3H3,(H,23,26)/t18-,19+/m1/s1. The van der Waals surface area contributed by atoms with Crippen LogP contribution in [0.4, 0.5) is 0 Å². The molecule has 4 heterocycles. The monoisotopic (exact) mass is 363 g/mol. The van der Waals surface area contributed by atoms with Gasteiger partial charge < -0.3 is 14.8 Å². The molecule has 3 aromatic heterocycles. The first-order valence-corrected chi connectivity index (χ1v) is 9.02. The van der Waals surface area contributed by atoms with Crippen molar-refractivity contribution in [3.8, 4) is 5.69 Å². The maximum Gasteiger partial charge on any atom is 0.169 e. The summed E-state index contributed by atoms with van der Waals surface area (Å²) in [6.07, 6.45) is 5.51. The van der Waals surface area contributed by atoms with Crippen LogP contribution in [0.1, 0.15) is 34.7 Å². The number of aromatic nitrogens is 3. The summed E-state index contributed by atoms with van der Waals surface area (Å²) < 4.78 is 2.24. The third-order valence-corrected chi connectivity index (χ3v) is 5.44. The summed E-state index contributed by atoms with van der Waals surface area (Å²) in [6.45, 7) is 4.28. The van der Waals surface area contributed by atoms with Crippen molar-refractivity contribution in [3.05, 3.63) is 77.6 Å². The molecule has 0 spiro atoms. The predicted octanol–water partition coefficient (Wildman–Crippen LogP) is 3.49. The van der Waals surface area contributed by atoms with Crippen LogP contribution in [0, 0.1) is 13.8 Å². The zero-order valence-electron chi connectivity index (χ0n) is 15.0. The SMILES string of the molecule is Cc1cc([C@H]2[C@@H](c3ccccn3)NC(=S)N2C)c(C)n1-c1cccnc1. The minimum atomic E-state index is 0.0246. The molecule has 0 amide bonds. The number of aryl methyl sites for hydroxylation is 1. The van der Waals surface area contributed by atoms with Crippen LogP contribution in [-0.4, -0.2) is 31.6 Å². The van der Waals surface area contributed by atoms with Crippen LogP contribution in [0.25, 0.3) is 5.69 Å². The number of nitrogens with zero attached hydrogens (tertiary/aromatic N) is 4. The number of nitrogens with one attached hydrogen (secondary N) is 1. The predicted molar refractivity (Wildman–Crippen MR) is 106 cm³/mol. The van der Waals surface area contributed by atoms with E-state index in [0.717, 1.165) is 16.5 Å². The number of thiocarbonyl (C=S) groups is 1. The van der Waals surface area contributed by atoms with Crippen LogP contribution < -0.4 is 5.32 Å². The Labute approximate surface area is 158 Å². The summed E-state index contributed by atoms with van der Waals surface area (Å²) in [5.74, 6) is 0. The van der Waals surface area contributed by atoms with Gasteiger partial charge in [-0.1, -0.05) is 6.07 Å². The van der Waals surface area contributed by atoms with E-state index in [1.165, 1.54) is 17.0 Å². The zero-order chi connectivity index (χ0) is 18.3. The van der Waals surface area contributed by atoms with E-state index < -0.39 is 0 Å². The molecule has 1 aliphatic rings. The van der Waals surface area contributed by atoms with Gasteiger partial charge in [0.25, 0.3) is 0 Å². The maximum absolute atomic E-state index is 5.54. The molecule has 132 valence electrons. The molecule has 1 aliphatic heterocycles. The third kappa shape index (κ3) is 2.66. The Morgan fingerprint density at radius 2 is 1.96 bits per heavy atom. The van der Waals surface area contributed by atoms with E-state index in [0.29, 0.717) is 0 Å². The fraction of sp³-hybridized carbons (Fsp3) is 0.250. The highest BCUT2D eigenvalue weighted by Crippen LogP contribution is 2.40. The number of rotatable bonds is 3. The minimum absolute atomic E-state index is 0.0246. The van der Waals surface area contributed by atoms with Gasteiger partial charge in [-0.15, -0.1) is 0 Å². The summed E-state index contributed by atoms with van der Waals surface area (Å²) in [6, 6.07) is 12.4. The molecule has 0 saturated carbocycles. The first-order valence-electron chi connectivity index (χ1n) is 8.61. The molecule has 1 saturated heterocycles. The molecular weight excluding hydrogens is 342 g/mol. The molecule has 0 aliphatic carbocycles. The summed E-state index contributed by atoms with van der Waals surface area (Å²) in [5, 5.41) is 4.18. The van der Waals surface area contributed by atoms with Gasteiger partial charge in [0.2, 0.25) is 0 Å². The topological polar surface area (TPSA) is 46.0 Å². The molecule has 0 aromatic carbocycles. The van der Waals surface area contributed by atoms with Gasteiger partial charge in [0.15, 0.2) is 5.11 Å². The van der Waals surface area contributed by atoms with E-state index in [1.807, 2.05) is 43.7 Å². The van der Waals surface area contributed by atoms with Crippen LogP contribution in [0.3, 0.4) is 0 Å². The van der Waals surface area contributed by atoms with E-state index in [9.17, 15) is 0 Å². The second-order valence-electron chi connectivity index (χ2n) is 6.61. The molecule has 0 radical (unpaired) electrons. The first-order chi connectivity index (χ1) is 12.6. The van der Waals surface area contributed by atoms with Gasteiger partial charge in [-0.3, -0.25) is 9.97 Å². The van der Waals surface area contributed by atoms with Crippen LogP contribution in [0.5, 0.6) is 0 Å². The van der Waals surface area contributed by atoms with Crippen molar-refractivity contribution in [2.45, 2.75) is 25.9 Å². The van der Waals surface area contributed by atoms with Crippen molar-refractivity contribution >= 4 is 17.3 Å². The van der Waals surface area contributed by atoms with Crippen molar-refractivity contribution < 1.29 is 0 Å². The Kier molecular flexibility index (Phi) is 4.20. The van der Waals surface area contributed by atoms with Crippen LogP contribution in [0.2, 0.25) is 0 Å². The maximum atomic E-state index is 5.54. The average Bonchev–Trinajstić information content (AvgIpc) is 3.12. The summed E-state index contributed by atoms with van der Waals surface area (Å²) in [4.78, 5) is 11.0. The van der Waals surface area contributed by atoms with Crippen molar-refractivity contribution in [2.75, 3.05) is 7.05 Å². The van der Waals surface area contributed by atoms with Gasteiger partial charge in [0.05, 0.1) is 29.7 Å². The van der Waals surface area contributed by atoms with Crippen LogP contribution in [-0.2, 0) is 0 Å². The van der Waals surface area contributed by atoms with E-state index >= 15 is 0 Å². The second-order valence-corrected chi connectivity index (χ2v) is 7.00. The third-order valence-electron chi connectivity index (χ3n) is 5.03. The van der Waals surface area contributed by atoms with Gasteiger partial charge in [-0.05, 0) is 62.0 Å². The van der Waals surface area contributed by atoms with Crippen LogP contribution >= 0.6 is 12.2 Å². The smallest absolute Gasteiger partial charge is 0.169 e. The molecule has 26 heavy (non-hydrogen) atoms. The molecule has 6 heteroatoms. The molecule has 0 unspecified atom stereocenters. The quantitative estimate of drug-likeness (QED) is 0.722. The molecule has 5 nitrogen and oxygen atoms in total. The van der Waals surface area contributed by atoms with Gasteiger partial charge in [0.1, 0.15) is 0 Å². The summed E-state index contributed by atoms with van der Waals surface area (Å²) >= 11 is 5.54. The molecule has 1 fully saturated rings. The largest absolute Gasteiger partial charge is 0.352 e. The summed E-state index contributed by atoms with van der Waals surface area (Å²) in [5.41, 5.74) is 5.68. The van der Waals surface area contributed by atoms with Crippen molar-refractivity contribution in [1.29, 1.82) is 0 Å². The number of hydrogen-bond acceptors (Lipinski definition) is 3. The van der Waals surface area contributed by atoms with E-state index in [4.69, 9.17) is 12.2 Å². The second kappa shape index (κ2) is 6.53. The highest BCUT2D eigenvalue weighted by atomic mass is 32.1. The Balaban J connectivity index is 1.82. The number of hydrogen-bond donors (Lipinski definition) is 1. The number of pyridine rings is 2. The Hall–Kier alpha value is -2.73. The van der Waals surface area contributed by atoms with Crippen molar-refractivity contribution in [2.24, 2.45) is 0 Å². The molecular formula is C20H21N5S. The first kappa shape index (κ1) is 16.7. The lowest BCUT2D eigenvalue weighted by molar-refractivity contribution is 0.367. The lowest BCUT2D eigenvalue weighted by Gasteiger charge is -2.24. The lowest BCUT2D eigenvalue weighted by Crippen LogP contribution is -2.25. The normalized spacial score (nSPS) is 19.7. The zero-order valence-corrected chi connectivity index (χ0v) is 15.9. The highest BCUT2D eigenvalue weighted by Gasteiger charge is 2.39. The van der Waals surface area contributed by atoms with Gasteiger partial charge in [-0.2, -0.15) is 0 Å². The van der Waals surface area contributed by atoms with Gasteiger partial charge in [-0.25, -0.2) is 0 Å². The molecule has 1 N–H and O–H groups in total. The van der Waals surface area contributed by atoms with Crippen LogP contribution in [0.15, 0.2) is 55.0 Å². The van der Waals surface area contributed by atoms with E-state index in [-0.39, 0.29) is 12.1 Å². The average molecular weight is 363 g/mol. The molecule has 0 bridgehead atoms.